The van der Waals surface area contributed by atoms with E-state index in [1.54, 1.807) is 31.5 Å². The summed E-state index contributed by atoms with van der Waals surface area (Å²) < 4.78 is 13.6. The van der Waals surface area contributed by atoms with Crippen LogP contribution < -0.4 is 0 Å². The number of ketones is 1. The first-order chi connectivity index (χ1) is 13.5. The number of benzene rings is 1. The third kappa shape index (κ3) is 3.67. The van der Waals surface area contributed by atoms with E-state index in [9.17, 15) is 19.1 Å². The highest BCUT2D eigenvalue weighted by molar-refractivity contribution is 6.46. The van der Waals surface area contributed by atoms with Crippen LogP contribution in [-0.2, 0) is 9.59 Å². The molecule has 1 aromatic carbocycles. The molecule has 1 unspecified atom stereocenters. The molecule has 2 aromatic rings. The zero-order chi connectivity index (χ0) is 20.3. The summed E-state index contributed by atoms with van der Waals surface area (Å²) in [6.45, 7) is 4.06. The van der Waals surface area contributed by atoms with Crippen molar-refractivity contribution in [3.63, 3.8) is 0 Å². The number of hydrogen-bond acceptors (Lipinski definition) is 4. The predicted molar refractivity (Wildman–Crippen MR) is 104 cm³/mol. The van der Waals surface area contributed by atoms with E-state index in [1.807, 2.05) is 0 Å². The summed E-state index contributed by atoms with van der Waals surface area (Å²) >= 11 is 0. The average Bonchev–Trinajstić information content (AvgIpc) is 2.95. The lowest BCUT2D eigenvalue weighted by Gasteiger charge is -2.25. The van der Waals surface area contributed by atoms with Crippen LogP contribution in [0.4, 0.5) is 4.39 Å². The number of likely N-dealkylation sites (tertiary alicyclic amines) is 1. The molecule has 5 nitrogen and oxygen atoms in total. The Bertz CT molecular complexity index is 925. The summed E-state index contributed by atoms with van der Waals surface area (Å²) in [5, 5.41) is 10.9. The highest BCUT2D eigenvalue weighted by atomic mass is 19.1. The highest BCUT2D eigenvalue weighted by Crippen LogP contribution is 2.39. The number of pyridine rings is 1. The average molecular weight is 382 g/mol. The molecule has 1 saturated heterocycles. The molecule has 1 aliphatic heterocycles. The van der Waals surface area contributed by atoms with Crippen molar-refractivity contribution in [1.29, 1.82) is 0 Å². The molecule has 0 aliphatic carbocycles. The minimum atomic E-state index is -0.724. The zero-order valence-electron chi connectivity index (χ0n) is 16.0. The van der Waals surface area contributed by atoms with Crippen LogP contribution in [0, 0.1) is 12.7 Å². The number of aliphatic hydroxyl groups is 1. The van der Waals surface area contributed by atoms with Crippen LogP contribution in [0.25, 0.3) is 5.76 Å². The van der Waals surface area contributed by atoms with E-state index >= 15 is 0 Å². The van der Waals surface area contributed by atoms with E-state index in [-0.39, 0.29) is 11.3 Å². The number of amides is 1. The lowest BCUT2D eigenvalue weighted by molar-refractivity contribution is -0.139. The number of aryl methyl sites for hydroxylation is 1. The summed E-state index contributed by atoms with van der Waals surface area (Å²) in [7, 11) is 0. The van der Waals surface area contributed by atoms with E-state index in [0.29, 0.717) is 23.2 Å². The minimum absolute atomic E-state index is 0.0266. The normalized spacial score (nSPS) is 18.7. The number of carbonyl (C=O) groups excluding carboxylic acids is 2. The van der Waals surface area contributed by atoms with Crippen LogP contribution in [-0.4, -0.2) is 33.2 Å². The number of halogens is 1. The third-order valence-corrected chi connectivity index (χ3v) is 5.00. The fourth-order valence-corrected chi connectivity index (χ4v) is 3.48. The molecule has 0 saturated carbocycles. The van der Waals surface area contributed by atoms with E-state index < -0.39 is 23.5 Å². The lowest BCUT2D eigenvalue weighted by atomic mass is 9.95. The number of Topliss-reactive ketones (excluding diaryl/α,β-unsaturated/α-hetero) is 1. The zero-order valence-corrected chi connectivity index (χ0v) is 16.0. The Balaban J connectivity index is 2.12. The van der Waals surface area contributed by atoms with Crippen molar-refractivity contribution in [3.8, 4) is 0 Å². The maximum absolute atomic E-state index is 13.6. The lowest BCUT2D eigenvalue weighted by Crippen LogP contribution is -2.30. The molecule has 1 fully saturated rings. The van der Waals surface area contributed by atoms with Gasteiger partial charge in [-0.15, -0.1) is 0 Å². The second-order valence-electron chi connectivity index (χ2n) is 6.94. The van der Waals surface area contributed by atoms with Crippen molar-refractivity contribution < 1.29 is 19.1 Å². The van der Waals surface area contributed by atoms with Gasteiger partial charge in [0, 0.05) is 24.5 Å². The van der Waals surface area contributed by atoms with Gasteiger partial charge in [-0.3, -0.25) is 14.6 Å². The summed E-state index contributed by atoms with van der Waals surface area (Å²) in [6, 6.07) is 6.89. The quantitative estimate of drug-likeness (QED) is 0.353. The summed E-state index contributed by atoms with van der Waals surface area (Å²) in [4.78, 5) is 31.0. The summed E-state index contributed by atoms with van der Waals surface area (Å²) in [6.07, 6.45) is 5.86. The summed E-state index contributed by atoms with van der Waals surface area (Å²) in [5.41, 5.74) is 1.39. The van der Waals surface area contributed by atoms with Crippen molar-refractivity contribution in [3.05, 3.63) is 70.8 Å². The van der Waals surface area contributed by atoms with Crippen molar-refractivity contribution >= 4 is 17.4 Å². The molecule has 0 spiro atoms. The van der Waals surface area contributed by atoms with Gasteiger partial charge in [0.15, 0.2) is 0 Å². The first-order valence-corrected chi connectivity index (χ1v) is 9.40. The van der Waals surface area contributed by atoms with E-state index in [0.717, 1.165) is 19.3 Å². The van der Waals surface area contributed by atoms with Gasteiger partial charge in [0.25, 0.3) is 11.7 Å². The molecule has 0 radical (unpaired) electrons. The van der Waals surface area contributed by atoms with Crippen molar-refractivity contribution in [2.75, 3.05) is 6.54 Å². The van der Waals surface area contributed by atoms with Crippen molar-refractivity contribution in [2.24, 2.45) is 0 Å². The van der Waals surface area contributed by atoms with Gasteiger partial charge in [0.05, 0.1) is 11.6 Å². The molecule has 1 atom stereocenters. The second-order valence-corrected chi connectivity index (χ2v) is 6.94. The fraction of sp³-hybridized carbons (Fsp3) is 0.318. The monoisotopic (exact) mass is 382 g/mol. The Labute approximate surface area is 163 Å². The van der Waals surface area contributed by atoms with Gasteiger partial charge in [-0.2, -0.15) is 0 Å². The van der Waals surface area contributed by atoms with Crippen LogP contribution in [0.15, 0.2) is 48.3 Å². The Morgan fingerprint density at radius 3 is 2.54 bits per heavy atom. The number of aliphatic hydroxyl groups excluding tert-OH is 1. The van der Waals surface area contributed by atoms with E-state index in [1.165, 1.54) is 23.1 Å². The number of nitrogens with zero attached hydrogens (tertiary/aromatic N) is 2. The maximum Gasteiger partial charge on any atom is 0.295 e. The highest BCUT2D eigenvalue weighted by Gasteiger charge is 2.45. The van der Waals surface area contributed by atoms with E-state index in [4.69, 9.17) is 0 Å². The number of rotatable bonds is 6. The van der Waals surface area contributed by atoms with Crippen LogP contribution in [0.5, 0.6) is 0 Å². The van der Waals surface area contributed by atoms with Crippen LogP contribution in [0.1, 0.15) is 48.9 Å². The van der Waals surface area contributed by atoms with Gasteiger partial charge in [-0.25, -0.2) is 4.39 Å². The van der Waals surface area contributed by atoms with E-state index in [2.05, 4.69) is 11.9 Å². The van der Waals surface area contributed by atoms with Gasteiger partial charge < -0.3 is 10.0 Å². The molecule has 1 aliphatic rings. The first-order valence-electron chi connectivity index (χ1n) is 9.40. The maximum atomic E-state index is 13.6. The topological polar surface area (TPSA) is 70.5 Å². The number of unbranched alkanes of at least 4 members (excludes halogenated alkanes) is 2. The summed E-state index contributed by atoms with van der Waals surface area (Å²) in [5.74, 6) is -2.04. The molecule has 1 aromatic heterocycles. The Morgan fingerprint density at radius 1 is 1.18 bits per heavy atom. The minimum Gasteiger partial charge on any atom is -0.507 e. The van der Waals surface area contributed by atoms with Gasteiger partial charge >= 0.3 is 0 Å². The molecule has 146 valence electrons. The molecule has 2 heterocycles. The van der Waals surface area contributed by atoms with Crippen LogP contribution >= 0.6 is 0 Å². The van der Waals surface area contributed by atoms with Gasteiger partial charge in [0.1, 0.15) is 11.6 Å². The molecule has 1 amide bonds. The van der Waals surface area contributed by atoms with Gasteiger partial charge in [-0.05, 0) is 54.8 Å². The van der Waals surface area contributed by atoms with Gasteiger partial charge in [0.2, 0.25) is 0 Å². The second kappa shape index (κ2) is 8.33. The Morgan fingerprint density at radius 2 is 1.89 bits per heavy atom. The number of hydrogen-bond donors (Lipinski definition) is 1. The predicted octanol–water partition coefficient (Wildman–Crippen LogP) is 4.14. The largest absolute Gasteiger partial charge is 0.507 e. The van der Waals surface area contributed by atoms with Crippen LogP contribution in [0.2, 0.25) is 0 Å². The molecular formula is C22H23FN2O3. The number of carbonyl (C=O) groups is 2. The Kier molecular flexibility index (Phi) is 5.87. The molecule has 3 rings (SSSR count). The van der Waals surface area contributed by atoms with Crippen molar-refractivity contribution in [2.45, 2.75) is 39.2 Å². The standard InChI is InChI=1S/C22H23FN2O3/c1-3-4-5-12-25-19(15-8-10-24-11-9-15)18(21(27)22(25)28)20(26)16-6-7-17(23)14(2)13-16/h6-11,13,19,26H,3-5,12H2,1-2H3/b20-18-. The fourth-order valence-electron chi connectivity index (χ4n) is 3.48. The molecule has 6 heteroatoms. The van der Waals surface area contributed by atoms with Gasteiger partial charge in [-0.1, -0.05) is 19.8 Å². The molecule has 1 N–H and O–H groups in total. The third-order valence-electron chi connectivity index (χ3n) is 5.00. The number of aromatic nitrogens is 1. The Hall–Kier alpha value is -3.02. The molecular weight excluding hydrogens is 359 g/mol. The molecule has 28 heavy (non-hydrogen) atoms. The van der Waals surface area contributed by atoms with Crippen molar-refractivity contribution in [1.82, 2.24) is 9.88 Å². The first kappa shape index (κ1) is 19.7. The SMILES string of the molecule is CCCCCN1C(=O)C(=O)/C(=C(\O)c2ccc(F)c(C)c2)C1c1ccncc1. The molecule has 0 bridgehead atoms. The van der Waals surface area contributed by atoms with Crippen LogP contribution in [0.3, 0.4) is 0 Å². The smallest absolute Gasteiger partial charge is 0.295 e.